The Labute approximate surface area is 178 Å². The van der Waals surface area contributed by atoms with Gasteiger partial charge >= 0.3 is 11.7 Å². The lowest BCUT2D eigenvalue weighted by atomic mass is 10.0. The molecule has 4 aromatic rings. The molecule has 0 aliphatic heterocycles. The van der Waals surface area contributed by atoms with Crippen molar-refractivity contribution in [3.63, 3.8) is 0 Å². The summed E-state index contributed by atoms with van der Waals surface area (Å²) in [4.78, 5) is 41.5. The minimum Gasteiger partial charge on any atom is -0.481 e. The van der Waals surface area contributed by atoms with E-state index in [1.54, 1.807) is 35.8 Å². The Balaban J connectivity index is 2.04. The number of carbonyl (C=O) groups is 1. The molecule has 2 unspecified atom stereocenters. The first kappa shape index (κ1) is 20.7. The van der Waals surface area contributed by atoms with E-state index in [0.29, 0.717) is 17.3 Å². The van der Waals surface area contributed by atoms with Crippen LogP contribution < -0.4 is 11.2 Å². The van der Waals surface area contributed by atoms with Gasteiger partial charge in [0.05, 0.1) is 29.4 Å². The zero-order valence-electron chi connectivity index (χ0n) is 17.8. The third-order valence-electron chi connectivity index (χ3n) is 6.05. The van der Waals surface area contributed by atoms with Gasteiger partial charge < -0.3 is 10.1 Å². The van der Waals surface area contributed by atoms with Crippen molar-refractivity contribution in [3.05, 3.63) is 80.6 Å². The Kier molecular flexibility index (Phi) is 5.27. The van der Waals surface area contributed by atoms with Gasteiger partial charge in [0.15, 0.2) is 0 Å². The van der Waals surface area contributed by atoms with E-state index in [1.807, 2.05) is 38.2 Å². The minimum atomic E-state index is -1.04. The number of rotatable bonds is 6. The normalized spacial score (nSPS) is 13.5. The quantitative estimate of drug-likeness (QED) is 0.494. The Morgan fingerprint density at radius 1 is 1.10 bits per heavy atom. The van der Waals surface area contributed by atoms with Crippen LogP contribution in [0.25, 0.3) is 21.8 Å². The summed E-state index contributed by atoms with van der Waals surface area (Å²) >= 11 is 0. The molecule has 0 amide bonds. The van der Waals surface area contributed by atoms with Crippen molar-refractivity contribution >= 4 is 27.8 Å². The fraction of sp³-hybridized carbons (Fsp3) is 0.292. The number of carboxylic acid groups (broad SMARTS) is 1. The highest BCUT2D eigenvalue weighted by atomic mass is 16.4. The summed E-state index contributed by atoms with van der Waals surface area (Å²) in [5.74, 6) is -1.04. The van der Waals surface area contributed by atoms with Gasteiger partial charge in [0.1, 0.15) is 0 Å². The molecule has 160 valence electrons. The van der Waals surface area contributed by atoms with Crippen molar-refractivity contribution in [2.75, 3.05) is 0 Å². The number of nitrogens with one attached hydrogen (secondary N) is 1. The molecule has 0 spiro atoms. The Hall–Kier alpha value is -3.61. The van der Waals surface area contributed by atoms with Gasteiger partial charge in [-0.25, -0.2) is 4.79 Å². The number of para-hydroxylation sites is 1. The molecule has 31 heavy (non-hydrogen) atoms. The fourth-order valence-corrected chi connectivity index (χ4v) is 4.48. The predicted octanol–water partition coefficient (Wildman–Crippen LogP) is 3.99. The van der Waals surface area contributed by atoms with Crippen LogP contribution >= 0.6 is 0 Å². The predicted molar refractivity (Wildman–Crippen MR) is 121 cm³/mol. The standard InChI is InChI=1S/C24H25N3O4/c1-4-16(12-21(28)29)27-23(30)17-9-5-6-11-20(17)26(24(27)31)15(3)18-13-25-19-10-7-8-14(2)22(18)19/h5-11,13,15-16,25H,4,12H2,1-3H3,(H,28,29). The van der Waals surface area contributed by atoms with Crippen molar-refractivity contribution in [1.29, 1.82) is 0 Å². The van der Waals surface area contributed by atoms with E-state index >= 15 is 0 Å². The summed E-state index contributed by atoms with van der Waals surface area (Å²) in [5.41, 5.74) is 2.60. The average molecular weight is 419 g/mol. The second-order valence-corrected chi connectivity index (χ2v) is 7.92. The van der Waals surface area contributed by atoms with E-state index in [4.69, 9.17) is 0 Å². The Morgan fingerprint density at radius 3 is 2.55 bits per heavy atom. The number of aromatic amines is 1. The second kappa shape index (κ2) is 7.91. The summed E-state index contributed by atoms with van der Waals surface area (Å²) in [6, 6.07) is 11.9. The van der Waals surface area contributed by atoms with Crippen LogP contribution in [0.4, 0.5) is 0 Å². The number of aromatic nitrogens is 3. The smallest absolute Gasteiger partial charge is 0.332 e. The molecule has 4 rings (SSSR count). The number of carboxylic acids is 1. The van der Waals surface area contributed by atoms with Gasteiger partial charge in [-0.3, -0.25) is 18.7 Å². The lowest BCUT2D eigenvalue weighted by Crippen LogP contribution is -2.43. The number of hydrogen-bond acceptors (Lipinski definition) is 3. The molecule has 2 heterocycles. The van der Waals surface area contributed by atoms with Crippen molar-refractivity contribution < 1.29 is 9.90 Å². The Morgan fingerprint density at radius 2 is 1.84 bits per heavy atom. The molecular weight excluding hydrogens is 394 g/mol. The van der Waals surface area contributed by atoms with E-state index in [9.17, 15) is 19.5 Å². The molecule has 2 aromatic heterocycles. The average Bonchev–Trinajstić information content (AvgIpc) is 3.18. The number of aliphatic carboxylic acids is 1. The largest absolute Gasteiger partial charge is 0.481 e. The van der Waals surface area contributed by atoms with Gasteiger partial charge in [0.25, 0.3) is 5.56 Å². The first-order valence-electron chi connectivity index (χ1n) is 10.4. The monoisotopic (exact) mass is 419 g/mol. The number of nitrogens with zero attached hydrogens (tertiary/aromatic N) is 2. The fourth-order valence-electron chi connectivity index (χ4n) is 4.48. The summed E-state index contributed by atoms with van der Waals surface area (Å²) in [6.07, 6.45) is 1.97. The number of hydrogen-bond donors (Lipinski definition) is 2. The summed E-state index contributed by atoms with van der Waals surface area (Å²) < 4.78 is 2.73. The third kappa shape index (κ3) is 3.36. The summed E-state index contributed by atoms with van der Waals surface area (Å²) in [5, 5.41) is 10.8. The molecule has 7 heteroatoms. The first-order chi connectivity index (χ1) is 14.8. The molecule has 2 aromatic carbocycles. The molecule has 2 N–H and O–H groups in total. The van der Waals surface area contributed by atoms with Crippen LogP contribution in [0.5, 0.6) is 0 Å². The van der Waals surface area contributed by atoms with E-state index in [1.165, 1.54) is 0 Å². The van der Waals surface area contributed by atoms with Gasteiger partial charge in [-0.1, -0.05) is 31.2 Å². The zero-order valence-corrected chi connectivity index (χ0v) is 17.8. The second-order valence-electron chi connectivity index (χ2n) is 7.92. The zero-order chi connectivity index (χ0) is 22.3. The molecule has 0 bridgehead atoms. The van der Waals surface area contributed by atoms with Gasteiger partial charge in [-0.2, -0.15) is 0 Å². The highest BCUT2D eigenvalue weighted by Gasteiger charge is 2.25. The first-order valence-corrected chi connectivity index (χ1v) is 10.4. The Bertz CT molecular complexity index is 1410. The van der Waals surface area contributed by atoms with Gasteiger partial charge in [-0.05, 0) is 44.0 Å². The van der Waals surface area contributed by atoms with E-state index in [2.05, 4.69) is 4.98 Å². The van der Waals surface area contributed by atoms with Crippen LogP contribution in [-0.4, -0.2) is 25.2 Å². The van der Waals surface area contributed by atoms with E-state index in [-0.39, 0.29) is 12.5 Å². The molecule has 0 aliphatic carbocycles. The number of fused-ring (bicyclic) bond motifs is 2. The summed E-state index contributed by atoms with van der Waals surface area (Å²) in [6.45, 7) is 5.73. The molecule has 0 aliphatic rings. The molecule has 0 radical (unpaired) electrons. The number of aryl methyl sites for hydroxylation is 1. The molecule has 0 saturated carbocycles. The molecule has 2 atom stereocenters. The van der Waals surface area contributed by atoms with Crippen molar-refractivity contribution in [1.82, 2.24) is 14.1 Å². The molecule has 7 nitrogen and oxygen atoms in total. The van der Waals surface area contributed by atoms with E-state index in [0.717, 1.165) is 26.6 Å². The van der Waals surface area contributed by atoms with Gasteiger partial charge in [-0.15, -0.1) is 0 Å². The van der Waals surface area contributed by atoms with Crippen LogP contribution in [0.15, 0.2) is 58.3 Å². The highest BCUT2D eigenvalue weighted by molar-refractivity contribution is 5.87. The topological polar surface area (TPSA) is 97.1 Å². The minimum absolute atomic E-state index is 0.287. The van der Waals surface area contributed by atoms with Crippen LogP contribution in [0.1, 0.15) is 49.9 Å². The SMILES string of the molecule is CCC(CC(=O)O)n1c(=O)c2ccccc2n(C(C)c2c[nH]c3cccc(C)c23)c1=O. The molecule has 0 fully saturated rings. The summed E-state index contributed by atoms with van der Waals surface area (Å²) in [7, 11) is 0. The maximum absolute atomic E-state index is 13.7. The maximum atomic E-state index is 13.7. The lowest BCUT2D eigenvalue weighted by Gasteiger charge is -2.23. The number of H-pyrrole nitrogens is 1. The van der Waals surface area contributed by atoms with Crippen LogP contribution in [0, 0.1) is 6.92 Å². The van der Waals surface area contributed by atoms with Gasteiger partial charge in [0.2, 0.25) is 0 Å². The highest BCUT2D eigenvalue weighted by Crippen LogP contribution is 2.30. The number of benzene rings is 2. The molecule has 0 saturated heterocycles. The van der Waals surface area contributed by atoms with Crippen LogP contribution in [0.3, 0.4) is 0 Å². The van der Waals surface area contributed by atoms with E-state index < -0.39 is 23.3 Å². The van der Waals surface area contributed by atoms with Crippen LogP contribution in [0.2, 0.25) is 0 Å². The molecular formula is C24H25N3O4. The lowest BCUT2D eigenvalue weighted by molar-refractivity contribution is -0.138. The van der Waals surface area contributed by atoms with Crippen molar-refractivity contribution in [2.45, 2.75) is 45.7 Å². The van der Waals surface area contributed by atoms with Crippen LogP contribution in [-0.2, 0) is 4.79 Å². The van der Waals surface area contributed by atoms with Crippen molar-refractivity contribution in [2.24, 2.45) is 0 Å². The van der Waals surface area contributed by atoms with Gasteiger partial charge in [0, 0.05) is 22.7 Å². The van der Waals surface area contributed by atoms with Crippen molar-refractivity contribution in [3.8, 4) is 0 Å². The third-order valence-corrected chi connectivity index (χ3v) is 6.05. The maximum Gasteiger partial charge on any atom is 0.332 e.